The summed E-state index contributed by atoms with van der Waals surface area (Å²) in [6.07, 6.45) is -4.56. The second kappa shape index (κ2) is 15.6. The highest BCUT2D eigenvalue weighted by molar-refractivity contribution is 7.48. The van der Waals surface area contributed by atoms with Crippen LogP contribution in [0.1, 0.15) is 47.3 Å². The van der Waals surface area contributed by atoms with Crippen LogP contribution in [0.3, 0.4) is 0 Å². The molecule has 0 aliphatic heterocycles. The molecule has 0 spiro atoms. The summed E-state index contributed by atoms with van der Waals surface area (Å²) in [7, 11) is -4.81. The van der Waals surface area contributed by atoms with Crippen LogP contribution in [-0.2, 0) is 41.8 Å². The second-order valence-corrected chi connectivity index (χ2v) is 9.51. The van der Waals surface area contributed by atoms with Gasteiger partial charge in [0.25, 0.3) is 5.56 Å². The zero-order valence-electron chi connectivity index (χ0n) is 21.4. The number of nitrogens with one attached hydrogen (secondary N) is 1. The van der Waals surface area contributed by atoms with E-state index in [9.17, 15) is 28.8 Å². The van der Waals surface area contributed by atoms with Crippen LogP contribution >= 0.6 is 7.82 Å². The molecular formula is C20H32FN2O14P. The van der Waals surface area contributed by atoms with Crippen LogP contribution in [-0.4, -0.2) is 71.8 Å². The third-order valence-corrected chi connectivity index (χ3v) is 5.36. The number of hydrogen-bond donors (Lipinski definition) is 2. The van der Waals surface area contributed by atoms with Crippen molar-refractivity contribution in [3.63, 3.8) is 0 Å². The smallest absolute Gasteiger partial charge is 0.432 e. The largest absolute Gasteiger partial charge is 0.510 e. The van der Waals surface area contributed by atoms with Gasteiger partial charge < -0.3 is 28.8 Å². The minimum atomic E-state index is -4.81. The summed E-state index contributed by atoms with van der Waals surface area (Å²) in [4.78, 5) is 48.2. The second-order valence-electron chi connectivity index (χ2n) is 7.85. The number of carbonyl (C=O) groups is 2. The zero-order chi connectivity index (χ0) is 28.9. The number of aliphatic hydroxyl groups is 1. The molecule has 0 bridgehead atoms. The van der Waals surface area contributed by atoms with Crippen molar-refractivity contribution in [2.24, 2.45) is 0 Å². The molecule has 0 aliphatic rings. The number of aromatic nitrogens is 2. The molecule has 0 saturated carbocycles. The lowest BCUT2D eigenvalue weighted by Gasteiger charge is -2.30. The first-order chi connectivity index (χ1) is 17.7. The summed E-state index contributed by atoms with van der Waals surface area (Å²) in [5, 5.41) is 9.61. The Morgan fingerprint density at radius 3 is 2.00 bits per heavy atom. The Labute approximate surface area is 216 Å². The first-order valence-corrected chi connectivity index (χ1v) is 12.7. The van der Waals surface area contributed by atoms with E-state index in [0.717, 1.165) is 12.3 Å². The Hall–Kier alpha value is -2.82. The molecule has 218 valence electrons. The highest BCUT2D eigenvalue weighted by Crippen LogP contribution is 2.50. The van der Waals surface area contributed by atoms with Crippen molar-refractivity contribution >= 4 is 20.1 Å². The molecule has 1 heterocycles. The number of phosphoric ester groups is 1. The topological polar surface area (TPSA) is 200 Å². The summed E-state index contributed by atoms with van der Waals surface area (Å²) < 4.78 is 67.5. The summed E-state index contributed by atoms with van der Waals surface area (Å²) in [5.74, 6) is -2.81. The van der Waals surface area contributed by atoms with E-state index >= 15 is 4.39 Å². The van der Waals surface area contributed by atoms with Gasteiger partial charge in [-0.05, 0) is 27.7 Å². The summed E-state index contributed by atoms with van der Waals surface area (Å²) in [5.41, 5.74) is -1.73. The fourth-order valence-electron chi connectivity index (χ4n) is 2.32. The van der Waals surface area contributed by atoms with E-state index in [1.165, 1.54) is 6.92 Å². The fraction of sp³-hybridized carbons (Fsp3) is 0.700. The predicted molar refractivity (Wildman–Crippen MR) is 124 cm³/mol. The van der Waals surface area contributed by atoms with Crippen LogP contribution < -0.4 is 11.2 Å². The van der Waals surface area contributed by atoms with Crippen LogP contribution in [0.4, 0.5) is 14.0 Å². The van der Waals surface area contributed by atoms with Gasteiger partial charge in [-0.1, -0.05) is 6.92 Å². The maximum Gasteiger partial charge on any atom is 0.510 e. The van der Waals surface area contributed by atoms with Gasteiger partial charge in [0.15, 0.2) is 6.23 Å². The van der Waals surface area contributed by atoms with Gasteiger partial charge in [0, 0.05) is 18.7 Å². The molecule has 38 heavy (non-hydrogen) atoms. The van der Waals surface area contributed by atoms with Crippen molar-refractivity contribution in [2.45, 2.75) is 65.3 Å². The van der Waals surface area contributed by atoms with Crippen molar-refractivity contribution < 1.29 is 60.9 Å². The maximum atomic E-state index is 15.5. The Bertz CT molecular complexity index is 1030. The molecule has 0 aliphatic carbocycles. The summed E-state index contributed by atoms with van der Waals surface area (Å²) in [6, 6.07) is 0.945. The van der Waals surface area contributed by atoms with E-state index in [0.29, 0.717) is 4.57 Å². The van der Waals surface area contributed by atoms with Crippen molar-refractivity contribution in [3.05, 3.63) is 33.1 Å². The van der Waals surface area contributed by atoms with E-state index in [1.54, 1.807) is 27.7 Å². The molecular weight excluding hydrogens is 542 g/mol. The molecule has 1 rings (SSSR count). The highest BCUT2D eigenvalue weighted by Gasteiger charge is 2.39. The van der Waals surface area contributed by atoms with E-state index < -0.39 is 88.9 Å². The monoisotopic (exact) mass is 574 g/mol. The number of carbonyl (C=O) groups excluding carboxylic acids is 2. The molecule has 1 aromatic rings. The third-order valence-electron chi connectivity index (χ3n) is 4.07. The minimum absolute atomic E-state index is 0.462. The minimum Gasteiger partial charge on any atom is -0.432 e. The molecule has 0 saturated heterocycles. The molecule has 0 fully saturated rings. The van der Waals surface area contributed by atoms with Crippen molar-refractivity contribution in [2.75, 3.05) is 26.8 Å². The van der Waals surface area contributed by atoms with Gasteiger partial charge in [-0.15, -0.1) is 0 Å². The average Bonchev–Trinajstić information content (AvgIpc) is 2.81. The van der Waals surface area contributed by atoms with Crippen molar-refractivity contribution in [1.29, 1.82) is 0 Å². The maximum absolute atomic E-state index is 15.5. The van der Waals surface area contributed by atoms with E-state index in [2.05, 4.69) is 9.47 Å². The highest BCUT2D eigenvalue weighted by atomic mass is 31.2. The molecule has 0 radical (unpaired) electrons. The molecule has 2 atom stereocenters. The van der Waals surface area contributed by atoms with Gasteiger partial charge in [-0.25, -0.2) is 32.4 Å². The molecule has 16 nitrogen and oxygen atoms in total. The SMILES string of the molecule is CC[C@@](F)(COP(=O)(OCOC(=O)OC(C)C)OCOC(=O)OC(C)C)O[C@H](CO)n1ccc(=O)[nH]c1=O. The third kappa shape index (κ3) is 12.1. The molecule has 0 amide bonds. The van der Waals surface area contributed by atoms with Crippen molar-refractivity contribution in [3.8, 4) is 0 Å². The lowest BCUT2D eigenvalue weighted by atomic mass is 10.2. The summed E-state index contributed by atoms with van der Waals surface area (Å²) >= 11 is 0. The van der Waals surface area contributed by atoms with Gasteiger partial charge in [0.05, 0.1) is 18.8 Å². The van der Waals surface area contributed by atoms with Crippen LogP contribution in [0.25, 0.3) is 0 Å². The summed E-state index contributed by atoms with van der Waals surface area (Å²) in [6.45, 7) is 3.34. The Morgan fingerprint density at radius 1 is 1.05 bits per heavy atom. The number of halogens is 1. The standard InChI is InChI=1S/C20H32FN2O14P/c1-6-20(21,37-16(9-24)23-8-7-15(25)22-17(23)26)10-32-38(29,33-11-30-18(27)35-13(2)3)34-12-31-19(28)36-14(4)5/h7-8,13-14,16,24H,6,9-12H2,1-5H3,(H,22,25,26)/t16-,20+/m1/s1. The number of rotatable bonds is 16. The van der Waals surface area contributed by atoms with Gasteiger partial charge in [-0.2, -0.15) is 0 Å². The fourth-order valence-corrected chi connectivity index (χ4v) is 3.26. The molecule has 1 aromatic heterocycles. The number of hydrogen-bond acceptors (Lipinski definition) is 14. The molecule has 2 N–H and O–H groups in total. The van der Waals surface area contributed by atoms with Crippen LogP contribution in [0, 0.1) is 0 Å². The lowest BCUT2D eigenvalue weighted by Crippen LogP contribution is -2.40. The van der Waals surface area contributed by atoms with E-state index in [1.807, 2.05) is 4.98 Å². The number of nitrogens with zero attached hydrogens (tertiary/aromatic N) is 1. The number of alkyl halides is 1. The number of aliphatic hydroxyl groups excluding tert-OH is 1. The Morgan fingerprint density at radius 2 is 1.58 bits per heavy atom. The van der Waals surface area contributed by atoms with Crippen molar-refractivity contribution in [1.82, 2.24) is 9.55 Å². The van der Waals surface area contributed by atoms with Gasteiger partial charge >= 0.3 is 25.8 Å². The predicted octanol–water partition coefficient (Wildman–Crippen LogP) is 2.32. The zero-order valence-corrected chi connectivity index (χ0v) is 22.3. The van der Waals surface area contributed by atoms with E-state index in [-0.39, 0.29) is 0 Å². The first-order valence-electron chi connectivity index (χ1n) is 11.2. The first kappa shape index (κ1) is 33.2. The molecule has 0 unspecified atom stereocenters. The Kier molecular flexibility index (Phi) is 13.6. The van der Waals surface area contributed by atoms with Gasteiger partial charge in [0.1, 0.15) is 6.61 Å². The number of ether oxygens (including phenoxy) is 5. The molecule has 18 heteroatoms. The number of aromatic amines is 1. The van der Waals surface area contributed by atoms with Crippen LogP contribution in [0.15, 0.2) is 21.9 Å². The van der Waals surface area contributed by atoms with Gasteiger partial charge in [-0.3, -0.25) is 18.9 Å². The number of H-pyrrole nitrogens is 1. The van der Waals surface area contributed by atoms with Crippen LogP contribution in [0.2, 0.25) is 0 Å². The number of phosphoric acid groups is 1. The lowest BCUT2D eigenvalue weighted by molar-refractivity contribution is -0.229. The molecule has 0 aromatic carbocycles. The van der Waals surface area contributed by atoms with Crippen LogP contribution in [0.5, 0.6) is 0 Å². The normalized spacial score (nSPS) is 14.1. The quantitative estimate of drug-likeness (QED) is 0.165. The van der Waals surface area contributed by atoms with E-state index in [4.69, 9.17) is 27.8 Å². The Balaban J connectivity index is 2.95. The average molecular weight is 574 g/mol. The van der Waals surface area contributed by atoms with Gasteiger partial charge in [0.2, 0.25) is 19.4 Å².